The fraction of sp³-hybridized carbons (Fsp3) is 0.318. The number of thiazole rings is 1. The Balaban J connectivity index is 1.31. The number of fused-ring (bicyclic) bond motifs is 1. The number of carbonyl (C=O) groups excluding carboxylic acids is 2. The number of aryl methyl sites for hydroxylation is 3. The van der Waals surface area contributed by atoms with Gasteiger partial charge in [0, 0.05) is 6.42 Å². The highest BCUT2D eigenvalue weighted by Crippen LogP contribution is 2.23. The molecule has 6 nitrogen and oxygen atoms in total. The van der Waals surface area contributed by atoms with Crippen LogP contribution in [0.2, 0.25) is 0 Å². The minimum atomic E-state index is -0.393. The highest BCUT2D eigenvalue weighted by Gasteiger charge is 2.09. The van der Waals surface area contributed by atoms with Crippen molar-refractivity contribution >= 4 is 33.4 Å². The maximum atomic E-state index is 11.9. The number of nitrogens with zero attached hydrogens (tertiary/aromatic N) is 1. The van der Waals surface area contributed by atoms with E-state index in [0.29, 0.717) is 12.2 Å². The van der Waals surface area contributed by atoms with Crippen molar-refractivity contribution in [1.29, 1.82) is 0 Å². The maximum absolute atomic E-state index is 11.9. The fourth-order valence-electron chi connectivity index (χ4n) is 2.99. The number of nitrogens with one attached hydrogen (secondary N) is 2. The Morgan fingerprint density at radius 3 is 2.45 bits per heavy atom. The Hall–Kier alpha value is -2.93. The number of unbranched alkanes of at least 4 members (excludes halogenated alkanes) is 1. The summed E-state index contributed by atoms with van der Waals surface area (Å²) in [6, 6.07) is 13.9. The van der Waals surface area contributed by atoms with Gasteiger partial charge in [-0.05, 0) is 56.4 Å². The summed E-state index contributed by atoms with van der Waals surface area (Å²) >= 11 is 1.69. The molecule has 0 saturated heterocycles. The van der Waals surface area contributed by atoms with Crippen LogP contribution in [0.25, 0.3) is 10.2 Å². The van der Waals surface area contributed by atoms with E-state index in [2.05, 4.69) is 21.9 Å². The Bertz CT molecular complexity index is 947. The van der Waals surface area contributed by atoms with E-state index >= 15 is 0 Å². The van der Waals surface area contributed by atoms with E-state index in [9.17, 15) is 9.59 Å². The van der Waals surface area contributed by atoms with Gasteiger partial charge in [-0.25, -0.2) is 4.98 Å². The monoisotopic (exact) mass is 411 g/mol. The van der Waals surface area contributed by atoms with Crippen molar-refractivity contribution in [2.45, 2.75) is 39.5 Å². The SMILES string of the molecule is Cc1cccc(C)c1OCC(=O)NNC(=O)CCCCc1nc2ccccc2s1. The minimum absolute atomic E-state index is 0.149. The fourth-order valence-corrected chi connectivity index (χ4v) is 4.00. The first-order chi connectivity index (χ1) is 14.0. The summed E-state index contributed by atoms with van der Waals surface area (Å²) in [6.07, 6.45) is 2.80. The molecule has 0 radical (unpaired) electrons. The second kappa shape index (κ2) is 10.0. The van der Waals surface area contributed by atoms with Crippen LogP contribution in [-0.2, 0) is 16.0 Å². The van der Waals surface area contributed by atoms with Gasteiger partial charge in [0.15, 0.2) is 6.61 Å². The summed E-state index contributed by atoms with van der Waals surface area (Å²) < 4.78 is 6.75. The Labute approximate surface area is 174 Å². The van der Waals surface area contributed by atoms with E-state index < -0.39 is 5.91 Å². The van der Waals surface area contributed by atoms with Crippen LogP contribution in [0, 0.1) is 13.8 Å². The Morgan fingerprint density at radius 2 is 1.69 bits per heavy atom. The molecule has 0 saturated carbocycles. The number of ether oxygens (including phenoxy) is 1. The molecule has 0 aliphatic heterocycles. The molecule has 0 fully saturated rings. The third-order valence-corrected chi connectivity index (χ3v) is 5.58. The molecule has 2 amide bonds. The number of aromatic nitrogens is 1. The molecule has 0 unspecified atom stereocenters. The number of amides is 2. The van der Waals surface area contributed by atoms with Gasteiger partial charge >= 0.3 is 0 Å². The quantitative estimate of drug-likeness (QED) is 0.436. The van der Waals surface area contributed by atoms with E-state index in [0.717, 1.165) is 40.9 Å². The molecule has 0 bridgehead atoms. The Kier molecular flexibility index (Phi) is 7.19. The van der Waals surface area contributed by atoms with Crippen LogP contribution in [-0.4, -0.2) is 23.4 Å². The molecule has 29 heavy (non-hydrogen) atoms. The van der Waals surface area contributed by atoms with Gasteiger partial charge in [-0.2, -0.15) is 0 Å². The average Bonchev–Trinajstić information content (AvgIpc) is 3.12. The van der Waals surface area contributed by atoms with E-state index in [1.54, 1.807) is 11.3 Å². The average molecular weight is 412 g/mol. The standard InChI is InChI=1S/C22H25N3O3S/c1-15-8-7-9-16(2)22(15)28-14-20(27)25-24-19(26)12-5-6-13-21-23-17-10-3-4-11-18(17)29-21/h3-4,7-11H,5-6,12-14H2,1-2H3,(H,24,26)(H,25,27). The highest BCUT2D eigenvalue weighted by atomic mass is 32.1. The lowest BCUT2D eigenvalue weighted by molar-refractivity contribution is -0.130. The summed E-state index contributed by atoms with van der Waals surface area (Å²) in [5, 5.41) is 1.09. The molecule has 0 aliphatic carbocycles. The van der Waals surface area contributed by atoms with Crippen molar-refractivity contribution in [2.75, 3.05) is 6.61 Å². The first-order valence-electron chi connectivity index (χ1n) is 9.64. The van der Waals surface area contributed by atoms with Gasteiger partial charge in [0.1, 0.15) is 5.75 Å². The van der Waals surface area contributed by atoms with Crippen LogP contribution >= 0.6 is 11.3 Å². The van der Waals surface area contributed by atoms with Crippen LogP contribution in [0.15, 0.2) is 42.5 Å². The van der Waals surface area contributed by atoms with Crippen LogP contribution in [0.5, 0.6) is 5.75 Å². The van der Waals surface area contributed by atoms with Crippen LogP contribution < -0.4 is 15.6 Å². The molecule has 3 aromatic rings. The van der Waals surface area contributed by atoms with Crippen molar-refractivity contribution in [3.05, 3.63) is 58.6 Å². The topological polar surface area (TPSA) is 80.3 Å². The highest BCUT2D eigenvalue weighted by molar-refractivity contribution is 7.18. The lowest BCUT2D eigenvalue weighted by Crippen LogP contribution is -2.43. The molecule has 0 spiro atoms. The Morgan fingerprint density at radius 1 is 0.966 bits per heavy atom. The van der Waals surface area contributed by atoms with E-state index in [1.165, 1.54) is 4.70 Å². The van der Waals surface area contributed by atoms with Crippen LogP contribution in [0.3, 0.4) is 0 Å². The molecule has 1 aromatic heterocycles. The largest absolute Gasteiger partial charge is 0.483 e. The van der Waals surface area contributed by atoms with Crippen LogP contribution in [0.1, 0.15) is 35.4 Å². The summed E-state index contributed by atoms with van der Waals surface area (Å²) in [7, 11) is 0. The predicted molar refractivity (Wildman–Crippen MR) is 115 cm³/mol. The number of hydrogen-bond donors (Lipinski definition) is 2. The van der Waals surface area contributed by atoms with E-state index in [4.69, 9.17) is 4.74 Å². The van der Waals surface area contributed by atoms with E-state index in [1.807, 2.05) is 50.2 Å². The second-order valence-electron chi connectivity index (χ2n) is 6.89. The van der Waals surface area contributed by atoms with Crippen molar-refractivity contribution < 1.29 is 14.3 Å². The maximum Gasteiger partial charge on any atom is 0.276 e. The zero-order valence-corrected chi connectivity index (χ0v) is 17.5. The van der Waals surface area contributed by atoms with Gasteiger partial charge < -0.3 is 4.74 Å². The molecule has 0 atom stereocenters. The number of hydrogen-bond acceptors (Lipinski definition) is 5. The van der Waals surface area contributed by atoms with Gasteiger partial charge in [-0.15, -0.1) is 11.3 Å². The first-order valence-corrected chi connectivity index (χ1v) is 10.5. The molecule has 0 aliphatic rings. The number of carbonyl (C=O) groups is 2. The van der Waals surface area contributed by atoms with Gasteiger partial charge in [-0.1, -0.05) is 30.3 Å². The molecule has 3 rings (SSSR count). The van der Waals surface area contributed by atoms with Crippen molar-refractivity contribution in [3.63, 3.8) is 0 Å². The number of hydrazine groups is 1. The molecular formula is C22H25N3O3S. The summed E-state index contributed by atoms with van der Waals surface area (Å²) in [5.74, 6) is 0.0917. The van der Waals surface area contributed by atoms with Crippen molar-refractivity contribution in [2.24, 2.45) is 0 Å². The number of para-hydroxylation sites is 2. The second-order valence-corrected chi connectivity index (χ2v) is 8.00. The predicted octanol–water partition coefficient (Wildman–Crippen LogP) is 3.85. The van der Waals surface area contributed by atoms with Gasteiger partial charge in [0.25, 0.3) is 5.91 Å². The van der Waals surface area contributed by atoms with Gasteiger partial charge in [0.05, 0.1) is 15.2 Å². The third-order valence-electron chi connectivity index (χ3n) is 4.48. The molecule has 2 N–H and O–H groups in total. The first kappa shape index (κ1) is 20.8. The number of rotatable bonds is 8. The zero-order chi connectivity index (χ0) is 20.6. The normalized spacial score (nSPS) is 10.7. The summed E-state index contributed by atoms with van der Waals surface area (Å²) in [6.45, 7) is 3.70. The smallest absolute Gasteiger partial charge is 0.276 e. The third kappa shape index (κ3) is 6.02. The minimum Gasteiger partial charge on any atom is -0.483 e. The number of benzene rings is 2. The molecule has 2 aromatic carbocycles. The molecule has 7 heteroatoms. The summed E-state index contributed by atoms with van der Waals surface area (Å²) in [4.78, 5) is 28.4. The lowest BCUT2D eigenvalue weighted by atomic mass is 10.1. The van der Waals surface area contributed by atoms with Crippen molar-refractivity contribution in [3.8, 4) is 5.75 Å². The molecule has 1 heterocycles. The molecule has 152 valence electrons. The molecular weight excluding hydrogens is 386 g/mol. The van der Waals surface area contributed by atoms with Crippen molar-refractivity contribution in [1.82, 2.24) is 15.8 Å². The summed E-state index contributed by atoms with van der Waals surface area (Å²) in [5.41, 5.74) is 7.79. The van der Waals surface area contributed by atoms with E-state index in [-0.39, 0.29) is 12.5 Å². The lowest BCUT2D eigenvalue weighted by Gasteiger charge is -2.12. The van der Waals surface area contributed by atoms with Gasteiger partial charge in [-0.3, -0.25) is 20.4 Å². The van der Waals surface area contributed by atoms with Gasteiger partial charge in [0.2, 0.25) is 5.91 Å². The zero-order valence-electron chi connectivity index (χ0n) is 16.7. The van der Waals surface area contributed by atoms with Crippen LogP contribution in [0.4, 0.5) is 0 Å².